The third-order valence-corrected chi connectivity index (χ3v) is 9.16. The Morgan fingerprint density at radius 2 is 1.97 bits per heavy atom. The summed E-state index contributed by atoms with van der Waals surface area (Å²) in [6, 6.07) is 0. The Kier molecular flexibility index (Phi) is 5.54. The maximum absolute atomic E-state index is 13.1. The highest BCUT2D eigenvalue weighted by Gasteiger charge is 2.68. The third kappa shape index (κ3) is 3.25. The SMILES string of the molecule is C/C=C/C(=O)OCC(=O)[C@@]1(O)CCC2C3CCC4=CC(=O)CCC4(C)C3C(O)CC21C. The van der Waals surface area contributed by atoms with Crippen LogP contribution in [0.25, 0.3) is 0 Å². The van der Waals surface area contributed by atoms with Crippen LogP contribution in [0, 0.1) is 28.6 Å². The molecule has 6 nitrogen and oxygen atoms in total. The van der Waals surface area contributed by atoms with Crippen LogP contribution in [0.2, 0.25) is 0 Å². The molecule has 6 heteroatoms. The summed E-state index contributed by atoms with van der Waals surface area (Å²) in [5.74, 6) is -0.576. The van der Waals surface area contributed by atoms with Crippen LogP contribution in [-0.2, 0) is 19.1 Å². The standard InChI is InChI=1S/C25H34O6/c1-4-5-21(29)31-14-20(28)25(30)11-9-18-17-7-6-15-12-16(26)8-10-23(15,2)22(17)19(27)13-24(18,25)3/h4-5,12,17-19,22,27,30H,6-11,13-14H2,1-3H3/b5-4+/t17?,18?,19?,22?,23?,24?,25-/m0/s1. The Morgan fingerprint density at radius 1 is 1.23 bits per heavy atom. The second-order valence-corrected chi connectivity index (χ2v) is 10.5. The maximum Gasteiger partial charge on any atom is 0.330 e. The molecule has 0 heterocycles. The quantitative estimate of drug-likeness (QED) is 0.525. The lowest BCUT2D eigenvalue weighted by atomic mass is 9.45. The van der Waals surface area contributed by atoms with Crippen molar-refractivity contribution >= 4 is 17.5 Å². The lowest BCUT2D eigenvalue weighted by Gasteiger charge is -2.60. The molecule has 0 amide bonds. The summed E-state index contributed by atoms with van der Waals surface area (Å²) in [5, 5.41) is 22.9. The molecule has 7 atom stereocenters. The van der Waals surface area contributed by atoms with Crippen molar-refractivity contribution in [1.82, 2.24) is 0 Å². The lowest BCUT2D eigenvalue weighted by molar-refractivity contribution is -0.184. The number of rotatable bonds is 4. The van der Waals surface area contributed by atoms with Crippen LogP contribution in [0.15, 0.2) is 23.8 Å². The number of ether oxygens (including phenoxy) is 1. The highest BCUT2D eigenvalue weighted by molar-refractivity contribution is 5.92. The lowest BCUT2D eigenvalue weighted by Crippen LogP contribution is -2.62. The molecule has 0 spiro atoms. The van der Waals surface area contributed by atoms with E-state index in [1.165, 1.54) is 12.2 Å². The molecule has 3 saturated carbocycles. The van der Waals surface area contributed by atoms with Gasteiger partial charge in [0.1, 0.15) is 5.60 Å². The predicted octanol–water partition coefficient (Wildman–Crippen LogP) is 2.91. The van der Waals surface area contributed by atoms with Crippen molar-refractivity contribution in [3.8, 4) is 0 Å². The van der Waals surface area contributed by atoms with Gasteiger partial charge in [-0.3, -0.25) is 9.59 Å². The molecule has 0 aromatic rings. The number of carbonyl (C=O) groups excluding carboxylic acids is 3. The number of carbonyl (C=O) groups is 3. The molecule has 31 heavy (non-hydrogen) atoms. The van der Waals surface area contributed by atoms with Gasteiger partial charge in [-0.15, -0.1) is 0 Å². The Balaban J connectivity index is 1.60. The second-order valence-electron chi connectivity index (χ2n) is 10.5. The van der Waals surface area contributed by atoms with Gasteiger partial charge in [-0.1, -0.05) is 25.5 Å². The molecule has 0 radical (unpaired) electrons. The smallest absolute Gasteiger partial charge is 0.330 e. The van der Waals surface area contributed by atoms with E-state index >= 15 is 0 Å². The molecule has 0 bridgehead atoms. The summed E-state index contributed by atoms with van der Waals surface area (Å²) >= 11 is 0. The molecular weight excluding hydrogens is 396 g/mol. The van der Waals surface area contributed by atoms with Gasteiger partial charge < -0.3 is 14.9 Å². The first-order valence-corrected chi connectivity index (χ1v) is 11.5. The van der Waals surface area contributed by atoms with Crippen LogP contribution in [0.4, 0.5) is 0 Å². The van der Waals surface area contributed by atoms with Gasteiger partial charge in [-0.25, -0.2) is 4.79 Å². The van der Waals surface area contributed by atoms with Gasteiger partial charge in [0.15, 0.2) is 12.4 Å². The van der Waals surface area contributed by atoms with Gasteiger partial charge in [0, 0.05) is 17.9 Å². The molecular formula is C25H34O6. The molecule has 0 aromatic heterocycles. The number of fused-ring (bicyclic) bond motifs is 5. The molecule has 4 rings (SSSR count). The minimum Gasteiger partial charge on any atom is -0.454 e. The fourth-order valence-electron chi connectivity index (χ4n) is 7.59. The molecule has 4 aliphatic carbocycles. The van der Waals surface area contributed by atoms with Crippen molar-refractivity contribution in [3.05, 3.63) is 23.8 Å². The zero-order valence-electron chi connectivity index (χ0n) is 18.7. The van der Waals surface area contributed by atoms with Crippen molar-refractivity contribution < 1.29 is 29.3 Å². The average molecular weight is 431 g/mol. The Bertz CT molecular complexity index is 858. The monoisotopic (exact) mass is 430 g/mol. The van der Waals surface area contributed by atoms with E-state index in [9.17, 15) is 24.6 Å². The first-order chi connectivity index (χ1) is 14.6. The van der Waals surface area contributed by atoms with Crippen LogP contribution in [0.1, 0.15) is 65.7 Å². The molecule has 0 aliphatic heterocycles. The molecule has 0 aromatic carbocycles. The highest BCUT2D eigenvalue weighted by atomic mass is 16.5. The van der Waals surface area contributed by atoms with Crippen LogP contribution >= 0.6 is 0 Å². The largest absolute Gasteiger partial charge is 0.454 e. The Labute approximate surface area is 183 Å². The van der Waals surface area contributed by atoms with E-state index in [2.05, 4.69) is 6.92 Å². The van der Waals surface area contributed by atoms with Crippen LogP contribution in [-0.4, -0.2) is 46.1 Å². The summed E-state index contributed by atoms with van der Waals surface area (Å²) in [4.78, 5) is 36.7. The van der Waals surface area contributed by atoms with Gasteiger partial charge in [0.25, 0.3) is 0 Å². The number of hydrogen-bond acceptors (Lipinski definition) is 6. The number of esters is 1. The molecule has 2 N–H and O–H groups in total. The number of allylic oxidation sites excluding steroid dienone is 2. The second kappa shape index (κ2) is 7.66. The third-order valence-electron chi connectivity index (χ3n) is 9.16. The van der Waals surface area contributed by atoms with Gasteiger partial charge in [0.2, 0.25) is 5.78 Å². The number of ketones is 2. The van der Waals surface area contributed by atoms with E-state index in [-0.39, 0.29) is 29.0 Å². The first-order valence-electron chi connectivity index (χ1n) is 11.5. The average Bonchev–Trinajstić information content (AvgIpc) is 2.98. The molecule has 0 saturated heterocycles. The number of aliphatic hydroxyl groups is 2. The van der Waals surface area contributed by atoms with Gasteiger partial charge in [-0.05, 0) is 74.7 Å². The number of hydrogen-bond donors (Lipinski definition) is 2. The van der Waals surface area contributed by atoms with Gasteiger partial charge in [0.05, 0.1) is 6.10 Å². The van der Waals surface area contributed by atoms with Crippen LogP contribution < -0.4 is 0 Å². The topological polar surface area (TPSA) is 101 Å². The minimum absolute atomic E-state index is 0.0312. The molecule has 3 fully saturated rings. The van der Waals surface area contributed by atoms with E-state index in [1.807, 2.05) is 6.92 Å². The summed E-state index contributed by atoms with van der Waals surface area (Å²) in [5.41, 5.74) is -1.42. The molecule has 6 unspecified atom stereocenters. The van der Waals surface area contributed by atoms with Crippen molar-refractivity contribution in [2.75, 3.05) is 6.61 Å². The predicted molar refractivity (Wildman–Crippen MR) is 114 cm³/mol. The number of aliphatic hydroxyl groups excluding tert-OH is 1. The highest BCUT2D eigenvalue weighted by Crippen LogP contribution is 2.67. The maximum atomic E-state index is 13.1. The van der Waals surface area contributed by atoms with E-state index in [0.29, 0.717) is 25.7 Å². The van der Waals surface area contributed by atoms with E-state index in [4.69, 9.17) is 4.74 Å². The summed E-state index contributed by atoms with van der Waals surface area (Å²) in [6.45, 7) is 5.33. The van der Waals surface area contributed by atoms with Crippen LogP contribution in [0.5, 0.6) is 0 Å². The van der Waals surface area contributed by atoms with Crippen LogP contribution in [0.3, 0.4) is 0 Å². The zero-order valence-corrected chi connectivity index (χ0v) is 18.7. The van der Waals surface area contributed by atoms with Crippen molar-refractivity contribution in [2.45, 2.75) is 77.4 Å². The summed E-state index contributed by atoms with van der Waals surface area (Å²) < 4.78 is 5.04. The normalized spacial score (nSPS) is 44.3. The number of Topliss-reactive ketones (excluding diaryl/α,β-unsaturated/α-hetero) is 1. The van der Waals surface area contributed by atoms with Crippen molar-refractivity contribution in [3.63, 3.8) is 0 Å². The zero-order chi connectivity index (χ0) is 22.6. The van der Waals surface area contributed by atoms with Gasteiger partial charge >= 0.3 is 5.97 Å². The Hall–Kier alpha value is -1.79. The minimum atomic E-state index is -1.61. The van der Waals surface area contributed by atoms with E-state index in [0.717, 1.165) is 24.8 Å². The first kappa shape index (κ1) is 22.4. The fraction of sp³-hybridized carbons (Fsp3) is 0.720. The molecule has 170 valence electrons. The fourth-order valence-corrected chi connectivity index (χ4v) is 7.59. The molecule has 4 aliphatic rings. The van der Waals surface area contributed by atoms with E-state index in [1.54, 1.807) is 13.0 Å². The Morgan fingerprint density at radius 3 is 2.68 bits per heavy atom. The van der Waals surface area contributed by atoms with Crippen molar-refractivity contribution in [1.29, 1.82) is 0 Å². The summed E-state index contributed by atoms with van der Waals surface area (Å²) in [7, 11) is 0. The van der Waals surface area contributed by atoms with E-state index < -0.39 is 35.5 Å². The van der Waals surface area contributed by atoms with Crippen molar-refractivity contribution in [2.24, 2.45) is 28.6 Å². The summed E-state index contributed by atoms with van der Waals surface area (Å²) in [6.07, 6.45) is 8.25. The van der Waals surface area contributed by atoms with Gasteiger partial charge in [-0.2, -0.15) is 0 Å².